The molecule has 0 bridgehead atoms. The summed E-state index contributed by atoms with van der Waals surface area (Å²) >= 11 is 0. The van der Waals surface area contributed by atoms with Gasteiger partial charge in [0.15, 0.2) is 0 Å². The van der Waals surface area contributed by atoms with Gasteiger partial charge in [-0.1, -0.05) is 32.9 Å². The van der Waals surface area contributed by atoms with Crippen molar-refractivity contribution in [2.45, 2.75) is 26.8 Å². The van der Waals surface area contributed by atoms with Gasteiger partial charge in [0.05, 0.1) is 0 Å². The van der Waals surface area contributed by atoms with Crippen LogP contribution in [-0.2, 0) is 0 Å². The molecule has 0 amide bonds. The van der Waals surface area contributed by atoms with Crippen LogP contribution in [-0.4, -0.2) is 19.0 Å². The fourth-order valence-corrected chi connectivity index (χ4v) is 2.30. The molecule has 0 aromatic heterocycles. The molecule has 1 rings (SSSR count). The van der Waals surface area contributed by atoms with E-state index in [4.69, 9.17) is 5.73 Å². The predicted molar refractivity (Wildman–Crippen MR) is 66.7 cm³/mol. The molecule has 0 aliphatic rings. The molecule has 2 heteroatoms. The van der Waals surface area contributed by atoms with Crippen LogP contribution in [0.2, 0.25) is 0 Å². The molecule has 1 unspecified atom stereocenters. The van der Waals surface area contributed by atoms with Gasteiger partial charge in [-0.3, -0.25) is 0 Å². The first-order valence-electron chi connectivity index (χ1n) is 5.34. The second-order valence-electron chi connectivity index (χ2n) is 5.40. The fourth-order valence-electron chi connectivity index (χ4n) is 2.30. The van der Waals surface area contributed by atoms with Crippen molar-refractivity contribution in [1.82, 2.24) is 4.90 Å². The van der Waals surface area contributed by atoms with Gasteiger partial charge in [-0.05, 0) is 37.2 Å². The molecule has 84 valence electrons. The highest BCUT2D eigenvalue weighted by molar-refractivity contribution is 5.42. The zero-order chi connectivity index (χ0) is 11.6. The summed E-state index contributed by atoms with van der Waals surface area (Å²) in [5.74, 6) is 0. The standard InChI is InChI=1S/C13H22N2/c1-13(2,3)12(15(4)5)10-7-6-8-11(14)9-10/h6-9,12H,14H2,1-5H3. The Hall–Kier alpha value is -1.02. The largest absolute Gasteiger partial charge is 0.399 e. The molecule has 15 heavy (non-hydrogen) atoms. The van der Waals surface area contributed by atoms with Gasteiger partial charge in [0.2, 0.25) is 0 Å². The highest BCUT2D eigenvalue weighted by Gasteiger charge is 2.27. The second-order valence-corrected chi connectivity index (χ2v) is 5.40. The molecule has 2 nitrogen and oxygen atoms in total. The van der Waals surface area contributed by atoms with Crippen molar-refractivity contribution in [1.29, 1.82) is 0 Å². The minimum atomic E-state index is 0.206. The molecule has 0 radical (unpaired) electrons. The van der Waals surface area contributed by atoms with Crippen molar-refractivity contribution in [2.75, 3.05) is 19.8 Å². The maximum Gasteiger partial charge on any atom is 0.0391 e. The third-order valence-electron chi connectivity index (χ3n) is 2.56. The van der Waals surface area contributed by atoms with Crippen LogP contribution in [0.4, 0.5) is 5.69 Å². The van der Waals surface area contributed by atoms with E-state index in [1.54, 1.807) is 0 Å². The van der Waals surface area contributed by atoms with Gasteiger partial charge in [-0.15, -0.1) is 0 Å². The summed E-state index contributed by atoms with van der Waals surface area (Å²) in [6.45, 7) is 6.75. The Bertz CT molecular complexity index is 324. The van der Waals surface area contributed by atoms with Crippen LogP contribution in [0.25, 0.3) is 0 Å². The predicted octanol–water partition coefficient (Wildman–Crippen LogP) is 2.92. The molecule has 0 saturated heterocycles. The lowest BCUT2D eigenvalue weighted by atomic mass is 9.81. The number of hydrogen-bond acceptors (Lipinski definition) is 2. The average Bonchev–Trinajstić information content (AvgIpc) is 1.99. The van der Waals surface area contributed by atoms with Gasteiger partial charge >= 0.3 is 0 Å². The molecule has 0 saturated carbocycles. The number of nitrogen functional groups attached to an aromatic ring is 1. The molecule has 1 aromatic rings. The van der Waals surface area contributed by atoms with Crippen molar-refractivity contribution in [3.63, 3.8) is 0 Å². The van der Waals surface area contributed by atoms with E-state index in [0.29, 0.717) is 6.04 Å². The fraction of sp³-hybridized carbons (Fsp3) is 0.538. The van der Waals surface area contributed by atoms with Gasteiger partial charge < -0.3 is 10.6 Å². The molecule has 0 spiro atoms. The summed E-state index contributed by atoms with van der Waals surface area (Å²) in [6.07, 6.45) is 0. The van der Waals surface area contributed by atoms with Crippen LogP contribution in [0.3, 0.4) is 0 Å². The van der Waals surface area contributed by atoms with Crippen LogP contribution < -0.4 is 5.73 Å². The third-order valence-corrected chi connectivity index (χ3v) is 2.56. The lowest BCUT2D eigenvalue weighted by Gasteiger charge is -2.36. The van der Waals surface area contributed by atoms with Gasteiger partial charge in [0.1, 0.15) is 0 Å². The van der Waals surface area contributed by atoms with Crippen molar-refractivity contribution in [3.05, 3.63) is 29.8 Å². The number of nitrogens with two attached hydrogens (primary N) is 1. The lowest BCUT2D eigenvalue weighted by Crippen LogP contribution is -2.31. The van der Waals surface area contributed by atoms with Crippen LogP contribution in [0, 0.1) is 5.41 Å². The normalized spacial score (nSPS) is 14.3. The number of hydrogen-bond donors (Lipinski definition) is 1. The third kappa shape index (κ3) is 2.96. The minimum Gasteiger partial charge on any atom is -0.399 e. The molecular weight excluding hydrogens is 184 g/mol. The highest BCUT2D eigenvalue weighted by Crippen LogP contribution is 2.36. The quantitative estimate of drug-likeness (QED) is 0.754. The van der Waals surface area contributed by atoms with Crippen molar-refractivity contribution in [3.8, 4) is 0 Å². The first-order chi connectivity index (χ1) is 6.82. The summed E-state index contributed by atoms with van der Waals surface area (Å²) in [4.78, 5) is 2.24. The number of nitrogens with zero attached hydrogens (tertiary/aromatic N) is 1. The van der Waals surface area contributed by atoms with Gasteiger partial charge in [0, 0.05) is 11.7 Å². The topological polar surface area (TPSA) is 29.3 Å². The Kier molecular flexibility index (Phi) is 3.40. The molecular formula is C13H22N2. The number of rotatable bonds is 2. The monoisotopic (exact) mass is 206 g/mol. The highest BCUT2D eigenvalue weighted by atomic mass is 15.1. The van der Waals surface area contributed by atoms with Crippen molar-refractivity contribution < 1.29 is 0 Å². The maximum atomic E-state index is 5.82. The molecule has 0 aliphatic carbocycles. The minimum absolute atomic E-state index is 0.206. The molecule has 0 heterocycles. The second kappa shape index (κ2) is 4.23. The molecule has 0 aliphatic heterocycles. The Labute approximate surface area is 93.1 Å². The number of benzene rings is 1. The van der Waals surface area contributed by atoms with Crippen LogP contribution in [0.1, 0.15) is 32.4 Å². The van der Waals surface area contributed by atoms with Crippen LogP contribution in [0.15, 0.2) is 24.3 Å². The summed E-state index contributed by atoms with van der Waals surface area (Å²) in [6, 6.07) is 8.55. The first kappa shape index (κ1) is 12.1. The van der Waals surface area contributed by atoms with Crippen LogP contribution in [0.5, 0.6) is 0 Å². The van der Waals surface area contributed by atoms with Crippen LogP contribution >= 0.6 is 0 Å². The molecule has 1 aromatic carbocycles. The van der Waals surface area contributed by atoms with Crippen molar-refractivity contribution in [2.24, 2.45) is 5.41 Å². The smallest absolute Gasteiger partial charge is 0.0391 e. The Morgan fingerprint density at radius 1 is 1.20 bits per heavy atom. The van der Waals surface area contributed by atoms with Gasteiger partial charge in [-0.25, -0.2) is 0 Å². The Morgan fingerprint density at radius 2 is 1.80 bits per heavy atom. The average molecular weight is 206 g/mol. The van der Waals surface area contributed by atoms with Gasteiger partial charge in [0.25, 0.3) is 0 Å². The van der Waals surface area contributed by atoms with E-state index in [2.05, 4.69) is 51.9 Å². The van der Waals surface area contributed by atoms with E-state index < -0.39 is 0 Å². The van der Waals surface area contributed by atoms with E-state index in [9.17, 15) is 0 Å². The molecule has 1 atom stereocenters. The Morgan fingerprint density at radius 3 is 2.20 bits per heavy atom. The summed E-state index contributed by atoms with van der Waals surface area (Å²) < 4.78 is 0. The zero-order valence-corrected chi connectivity index (χ0v) is 10.4. The molecule has 0 fully saturated rings. The first-order valence-corrected chi connectivity index (χ1v) is 5.34. The van der Waals surface area contributed by atoms with E-state index in [1.807, 2.05) is 12.1 Å². The zero-order valence-electron chi connectivity index (χ0n) is 10.4. The van der Waals surface area contributed by atoms with E-state index in [1.165, 1.54) is 5.56 Å². The van der Waals surface area contributed by atoms with E-state index in [0.717, 1.165) is 5.69 Å². The Balaban J connectivity index is 3.11. The lowest BCUT2D eigenvalue weighted by molar-refractivity contribution is 0.154. The summed E-state index contributed by atoms with van der Waals surface area (Å²) in [5, 5.41) is 0. The van der Waals surface area contributed by atoms with Gasteiger partial charge in [-0.2, -0.15) is 0 Å². The van der Waals surface area contributed by atoms with E-state index >= 15 is 0 Å². The number of anilines is 1. The SMILES string of the molecule is CN(C)C(c1cccc(N)c1)C(C)(C)C. The molecule has 2 N–H and O–H groups in total. The maximum absolute atomic E-state index is 5.82. The summed E-state index contributed by atoms with van der Waals surface area (Å²) in [5.41, 5.74) is 8.15. The van der Waals surface area contributed by atoms with Crippen molar-refractivity contribution >= 4 is 5.69 Å². The summed E-state index contributed by atoms with van der Waals surface area (Å²) in [7, 11) is 4.22. The van der Waals surface area contributed by atoms with E-state index in [-0.39, 0.29) is 5.41 Å².